The molecule has 31 heavy (non-hydrogen) atoms. The van der Waals surface area contributed by atoms with E-state index >= 15 is 0 Å². The summed E-state index contributed by atoms with van der Waals surface area (Å²) in [5, 5.41) is 0. The van der Waals surface area contributed by atoms with Gasteiger partial charge >= 0.3 is 0 Å². The number of quaternary nitrogens is 1. The third-order valence-electron chi connectivity index (χ3n) is 6.58. The van der Waals surface area contributed by atoms with Crippen LogP contribution in [0.4, 0.5) is 0 Å². The second-order valence-electron chi connectivity index (χ2n) is 9.23. The molecule has 0 spiro atoms. The number of nitrogens with zero attached hydrogens (tertiary/aromatic N) is 2. The Bertz CT molecular complexity index is 915. The topological polar surface area (TPSA) is 45.1 Å². The van der Waals surface area contributed by atoms with Gasteiger partial charge in [0.1, 0.15) is 6.54 Å². The van der Waals surface area contributed by atoms with Crippen molar-refractivity contribution in [3.05, 3.63) is 70.8 Å². The van der Waals surface area contributed by atoms with Crippen LogP contribution >= 0.6 is 0 Å². The molecule has 2 aromatic rings. The second kappa shape index (κ2) is 9.65. The van der Waals surface area contributed by atoms with Gasteiger partial charge in [-0.05, 0) is 35.6 Å². The van der Waals surface area contributed by atoms with Gasteiger partial charge in [0.15, 0.2) is 0 Å². The van der Waals surface area contributed by atoms with Crippen LogP contribution in [-0.4, -0.2) is 54.3 Å². The molecule has 2 aliphatic heterocycles. The zero-order chi connectivity index (χ0) is 21.8. The molecule has 2 heterocycles. The van der Waals surface area contributed by atoms with Crippen LogP contribution in [0.15, 0.2) is 48.5 Å². The Labute approximate surface area is 185 Å². The molecule has 0 aromatic heterocycles. The van der Waals surface area contributed by atoms with E-state index < -0.39 is 0 Å². The maximum atomic E-state index is 13.1. The molecule has 0 saturated carbocycles. The average Bonchev–Trinajstić information content (AvgIpc) is 3.18. The molecule has 0 bridgehead atoms. The fourth-order valence-corrected chi connectivity index (χ4v) is 4.59. The highest BCUT2D eigenvalue weighted by Crippen LogP contribution is 2.17. The number of likely N-dealkylation sites (tertiary alicyclic amines) is 1. The lowest BCUT2D eigenvalue weighted by Crippen LogP contribution is -3.13. The van der Waals surface area contributed by atoms with Crippen LogP contribution in [0.3, 0.4) is 0 Å². The Morgan fingerprint density at radius 1 is 1.00 bits per heavy atom. The zero-order valence-corrected chi connectivity index (χ0v) is 18.8. The number of benzene rings is 2. The van der Waals surface area contributed by atoms with Crippen LogP contribution in [-0.2, 0) is 17.9 Å². The minimum absolute atomic E-state index is 0.106. The Balaban J connectivity index is 1.31. The minimum atomic E-state index is 0.106. The van der Waals surface area contributed by atoms with E-state index in [2.05, 4.69) is 38.1 Å². The molecule has 2 aromatic carbocycles. The first-order valence-corrected chi connectivity index (χ1v) is 11.6. The minimum Gasteiger partial charge on any atom is -0.338 e. The maximum Gasteiger partial charge on any atom is 0.254 e. The van der Waals surface area contributed by atoms with Crippen LogP contribution in [0.25, 0.3) is 0 Å². The summed E-state index contributed by atoms with van der Waals surface area (Å²) in [5.41, 5.74) is 4.51. The Hall–Kier alpha value is -2.66. The summed E-state index contributed by atoms with van der Waals surface area (Å²) in [6.45, 7) is 10.4. The number of nitrogens with one attached hydrogen (secondary N) is 1. The van der Waals surface area contributed by atoms with Crippen molar-refractivity contribution in [2.24, 2.45) is 0 Å². The molecule has 5 nitrogen and oxygen atoms in total. The van der Waals surface area contributed by atoms with Crippen LogP contribution in [0.5, 0.6) is 0 Å². The van der Waals surface area contributed by atoms with Crippen molar-refractivity contribution < 1.29 is 14.5 Å². The van der Waals surface area contributed by atoms with E-state index in [9.17, 15) is 9.59 Å². The van der Waals surface area contributed by atoms with E-state index in [0.717, 1.165) is 56.8 Å². The number of carbonyl (C=O) groups excluding carboxylic acids is 2. The highest BCUT2D eigenvalue weighted by Gasteiger charge is 2.25. The smallest absolute Gasteiger partial charge is 0.254 e. The van der Waals surface area contributed by atoms with Crippen molar-refractivity contribution in [1.29, 1.82) is 0 Å². The van der Waals surface area contributed by atoms with Gasteiger partial charge in [-0.25, -0.2) is 0 Å². The number of piperazine rings is 1. The SMILES string of the molecule is CC(C)c1ccc(C[NH+]2CCN(C(=O)c3cccc(CN4CCCC4=O)c3)CC2)cc1. The van der Waals surface area contributed by atoms with Gasteiger partial charge in [-0.3, -0.25) is 9.59 Å². The summed E-state index contributed by atoms with van der Waals surface area (Å²) < 4.78 is 0. The molecule has 0 atom stereocenters. The molecule has 2 amide bonds. The van der Waals surface area contributed by atoms with Crippen LogP contribution < -0.4 is 4.90 Å². The molecule has 0 aliphatic carbocycles. The van der Waals surface area contributed by atoms with Crippen LogP contribution in [0.2, 0.25) is 0 Å². The first kappa shape index (κ1) is 21.6. The van der Waals surface area contributed by atoms with Gasteiger partial charge in [-0.1, -0.05) is 50.2 Å². The molecule has 1 N–H and O–H groups in total. The molecule has 4 rings (SSSR count). The predicted octanol–water partition coefficient (Wildman–Crippen LogP) is 2.47. The van der Waals surface area contributed by atoms with Crippen molar-refractivity contribution in [1.82, 2.24) is 9.80 Å². The van der Waals surface area contributed by atoms with E-state index in [-0.39, 0.29) is 11.8 Å². The van der Waals surface area contributed by atoms with E-state index in [4.69, 9.17) is 0 Å². The number of rotatable bonds is 6. The molecule has 0 radical (unpaired) electrons. The Morgan fingerprint density at radius 2 is 1.74 bits per heavy atom. The summed E-state index contributed by atoms with van der Waals surface area (Å²) in [7, 11) is 0. The van der Waals surface area contributed by atoms with Gasteiger partial charge < -0.3 is 14.7 Å². The van der Waals surface area contributed by atoms with E-state index in [0.29, 0.717) is 18.9 Å². The molecule has 2 saturated heterocycles. The lowest BCUT2D eigenvalue weighted by molar-refractivity contribution is -0.917. The standard InChI is InChI=1S/C26H33N3O2/c1-20(2)23-10-8-21(9-11-23)18-27-13-15-28(16-14-27)26(31)24-6-3-5-22(17-24)19-29-12-4-7-25(29)30/h3,5-6,8-11,17,20H,4,7,12-16,18-19H2,1-2H3/p+1. The number of amides is 2. The normalized spacial score (nSPS) is 17.6. The predicted molar refractivity (Wildman–Crippen MR) is 122 cm³/mol. The number of hydrogen-bond acceptors (Lipinski definition) is 2. The van der Waals surface area contributed by atoms with Gasteiger partial charge in [0, 0.05) is 30.6 Å². The number of carbonyl (C=O) groups is 2. The fraction of sp³-hybridized carbons (Fsp3) is 0.462. The van der Waals surface area contributed by atoms with E-state index in [1.165, 1.54) is 16.0 Å². The molecule has 164 valence electrons. The third-order valence-corrected chi connectivity index (χ3v) is 6.58. The van der Waals surface area contributed by atoms with Gasteiger partial charge in [0.2, 0.25) is 5.91 Å². The van der Waals surface area contributed by atoms with Crippen molar-refractivity contribution in [3.63, 3.8) is 0 Å². The second-order valence-corrected chi connectivity index (χ2v) is 9.23. The summed E-state index contributed by atoms with van der Waals surface area (Å²) in [4.78, 5) is 30.4. The van der Waals surface area contributed by atoms with Crippen LogP contribution in [0, 0.1) is 0 Å². The Kier molecular flexibility index (Phi) is 6.71. The molecular weight excluding hydrogens is 386 g/mol. The zero-order valence-electron chi connectivity index (χ0n) is 18.8. The lowest BCUT2D eigenvalue weighted by Gasteiger charge is -2.32. The first-order chi connectivity index (χ1) is 15.0. The summed E-state index contributed by atoms with van der Waals surface area (Å²) >= 11 is 0. The largest absolute Gasteiger partial charge is 0.338 e. The fourth-order valence-electron chi connectivity index (χ4n) is 4.59. The maximum absolute atomic E-state index is 13.1. The molecule has 5 heteroatoms. The van der Waals surface area contributed by atoms with Crippen molar-refractivity contribution in [2.75, 3.05) is 32.7 Å². The number of hydrogen-bond donors (Lipinski definition) is 1. The van der Waals surface area contributed by atoms with Crippen LogP contribution in [0.1, 0.15) is 59.7 Å². The Morgan fingerprint density at radius 3 is 2.39 bits per heavy atom. The molecular formula is C26H34N3O2+. The average molecular weight is 421 g/mol. The van der Waals surface area contributed by atoms with Gasteiger partial charge in [0.05, 0.1) is 26.2 Å². The van der Waals surface area contributed by atoms with Crippen molar-refractivity contribution >= 4 is 11.8 Å². The highest BCUT2D eigenvalue weighted by atomic mass is 16.2. The first-order valence-electron chi connectivity index (χ1n) is 11.6. The third kappa shape index (κ3) is 5.34. The molecule has 0 unspecified atom stereocenters. The van der Waals surface area contributed by atoms with Crippen molar-refractivity contribution in [3.8, 4) is 0 Å². The quantitative estimate of drug-likeness (QED) is 0.780. The van der Waals surface area contributed by atoms with E-state index in [1.807, 2.05) is 34.1 Å². The molecule has 2 aliphatic rings. The highest BCUT2D eigenvalue weighted by molar-refractivity contribution is 5.94. The summed E-state index contributed by atoms with van der Waals surface area (Å²) in [5.74, 6) is 0.884. The monoisotopic (exact) mass is 420 g/mol. The van der Waals surface area contributed by atoms with Gasteiger partial charge in [-0.2, -0.15) is 0 Å². The molecule has 2 fully saturated rings. The van der Waals surface area contributed by atoms with Crippen molar-refractivity contribution in [2.45, 2.75) is 45.7 Å². The lowest BCUT2D eigenvalue weighted by atomic mass is 10.0. The van der Waals surface area contributed by atoms with Gasteiger partial charge in [0.25, 0.3) is 5.91 Å². The summed E-state index contributed by atoms with van der Waals surface area (Å²) in [6.07, 6.45) is 1.58. The van der Waals surface area contributed by atoms with E-state index in [1.54, 1.807) is 0 Å². The van der Waals surface area contributed by atoms with Gasteiger partial charge in [-0.15, -0.1) is 0 Å². The summed E-state index contributed by atoms with van der Waals surface area (Å²) in [6, 6.07) is 16.8.